The number of hydrogen-bond donors (Lipinski definition) is 2. The molecule has 21 heavy (non-hydrogen) atoms. The van der Waals surface area contributed by atoms with Gasteiger partial charge in [-0.3, -0.25) is 9.80 Å². The number of hydrogen-bond acceptors (Lipinski definition) is 4. The van der Waals surface area contributed by atoms with Crippen LogP contribution in [0.3, 0.4) is 0 Å². The van der Waals surface area contributed by atoms with Crippen LogP contribution in [0, 0.1) is 0 Å². The van der Waals surface area contributed by atoms with Gasteiger partial charge in [-0.15, -0.1) is 0 Å². The Hall–Kier alpha value is -0.650. The molecule has 1 aromatic rings. The zero-order valence-corrected chi connectivity index (χ0v) is 13.5. The van der Waals surface area contributed by atoms with Gasteiger partial charge in [0.15, 0.2) is 0 Å². The number of rotatable bonds is 5. The van der Waals surface area contributed by atoms with Gasteiger partial charge in [0.2, 0.25) is 0 Å². The molecule has 5 heteroatoms. The molecule has 0 spiro atoms. The summed E-state index contributed by atoms with van der Waals surface area (Å²) in [6.45, 7) is 6.99. The second-order valence-electron chi connectivity index (χ2n) is 5.78. The topological polar surface area (TPSA) is 52.7 Å². The van der Waals surface area contributed by atoms with Crippen LogP contribution in [0.2, 0.25) is 5.02 Å². The lowest BCUT2D eigenvalue weighted by Gasteiger charge is -2.34. The number of nitrogens with zero attached hydrogens (tertiary/aromatic N) is 2. The fraction of sp³-hybridized carbons (Fsp3) is 0.625. The van der Waals surface area contributed by atoms with E-state index in [-0.39, 0.29) is 18.7 Å². The summed E-state index contributed by atoms with van der Waals surface area (Å²) in [5.41, 5.74) is 7.37. The molecule has 0 aromatic heterocycles. The first-order valence-corrected chi connectivity index (χ1v) is 8.08. The Morgan fingerprint density at radius 2 is 2.00 bits per heavy atom. The molecule has 2 rings (SSSR count). The molecule has 0 amide bonds. The van der Waals surface area contributed by atoms with Crippen LogP contribution in [0.25, 0.3) is 0 Å². The molecule has 0 radical (unpaired) electrons. The minimum absolute atomic E-state index is 0.0225. The zero-order chi connectivity index (χ0) is 15.2. The molecule has 0 bridgehead atoms. The SMILES string of the molecule is CC(N)C(c1ccccc1Cl)N1CCCN(CCO)CC1. The van der Waals surface area contributed by atoms with E-state index >= 15 is 0 Å². The highest BCUT2D eigenvalue weighted by molar-refractivity contribution is 6.31. The molecule has 2 unspecified atom stereocenters. The van der Waals surface area contributed by atoms with Gasteiger partial charge in [0.25, 0.3) is 0 Å². The van der Waals surface area contributed by atoms with Crippen LogP contribution in [-0.4, -0.2) is 60.3 Å². The van der Waals surface area contributed by atoms with E-state index in [4.69, 9.17) is 22.4 Å². The van der Waals surface area contributed by atoms with Gasteiger partial charge >= 0.3 is 0 Å². The highest BCUT2D eigenvalue weighted by atomic mass is 35.5. The molecular weight excluding hydrogens is 286 g/mol. The molecule has 118 valence electrons. The Morgan fingerprint density at radius 1 is 1.24 bits per heavy atom. The van der Waals surface area contributed by atoms with E-state index in [1.54, 1.807) is 0 Å². The van der Waals surface area contributed by atoms with E-state index in [1.165, 1.54) is 0 Å². The first kappa shape index (κ1) is 16.7. The van der Waals surface area contributed by atoms with Gasteiger partial charge in [-0.05, 0) is 31.5 Å². The fourth-order valence-corrected chi connectivity index (χ4v) is 3.41. The minimum atomic E-state index is 0.0225. The number of benzene rings is 1. The minimum Gasteiger partial charge on any atom is -0.395 e. The third-order valence-electron chi connectivity index (χ3n) is 4.15. The summed E-state index contributed by atoms with van der Waals surface area (Å²) in [6, 6.07) is 8.15. The van der Waals surface area contributed by atoms with Crippen LogP contribution in [0.15, 0.2) is 24.3 Å². The maximum absolute atomic E-state index is 9.10. The van der Waals surface area contributed by atoms with Gasteiger partial charge < -0.3 is 10.8 Å². The van der Waals surface area contributed by atoms with Gasteiger partial charge in [-0.25, -0.2) is 0 Å². The number of aliphatic hydroxyl groups excluding tert-OH is 1. The number of aliphatic hydroxyl groups is 1. The number of β-amino-alcohol motifs (C(OH)–C–C–N with tert-alkyl or cyclic N) is 1. The number of nitrogens with two attached hydrogens (primary N) is 1. The summed E-state index contributed by atoms with van der Waals surface area (Å²) in [7, 11) is 0. The maximum atomic E-state index is 9.10. The van der Waals surface area contributed by atoms with Crippen molar-refractivity contribution in [3.63, 3.8) is 0 Å². The van der Waals surface area contributed by atoms with Crippen molar-refractivity contribution in [2.24, 2.45) is 5.73 Å². The molecule has 4 nitrogen and oxygen atoms in total. The summed E-state index contributed by atoms with van der Waals surface area (Å²) < 4.78 is 0. The van der Waals surface area contributed by atoms with E-state index in [9.17, 15) is 0 Å². The molecule has 0 aliphatic carbocycles. The van der Waals surface area contributed by atoms with E-state index in [1.807, 2.05) is 25.1 Å². The van der Waals surface area contributed by atoms with E-state index in [2.05, 4.69) is 15.9 Å². The molecule has 1 aliphatic heterocycles. The van der Waals surface area contributed by atoms with E-state index in [0.717, 1.165) is 49.7 Å². The monoisotopic (exact) mass is 311 g/mol. The van der Waals surface area contributed by atoms with E-state index < -0.39 is 0 Å². The lowest BCUT2D eigenvalue weighted by atomic mass is 9.99. The number of halogens is 1. The highest BCUT2D eigenvalue weighted by Crippen LogP contribution is 2.30. The molecule has 0 saturated carbocycles. The quantitative estimate of drug-likeness (QED) is 0.869. The Kier molecular flexibility index (Phi) is 6.45. The Balaban J connectivity index is 2.14. The summed E-state index contributed by atoms with van der Waals surface area (Å²) in [4.78, 5) is 4.74. The largest absolute Gasteiger partial charge is 0.395 e. The second kappa shape index (κ2) is 8.11. The van der Waals surface area contributed by atoms with Crippen molar-refractivity contribution in [1.82, 2.24) is 9.80 Å². The van der Waals surface area contributed by atoms with Crippen molar-refractivity contribution in [3.8, 4) is 0 Å². The molecule has 3 N–H and O–H groups in total. The van der Waals surface area contributed by atoms with Gasteiger partial charge in [0.05, 0.1) is 12.6 Å². The molecule has 1 saturated heterocycles. The molecule has 1 aliphatic rings. The van der Waals surface area contributed by atoms with Crippen molar-refractivity contribution in [2.75, 3.05) is 39.3 Å². The normalized spacial score (nSPS) is 21.0. The molecule has 1 aromatic carbocycles. The molecular formula is C16H26ClN3O. The predicted molar refractivity (Wildman–Crippen MR) is 87.6 cm³/mol. The van der Waals surface area contributed by atoms with Crippen molar-refractivity contribution < 1.29 is 5.11 Å². The first-order chi connectivity index (χ1) is 10.1. The van der Waals surface area contributed by atoms with Crippen molar-refractivity contribution in [1.29, 1.82) is 0 Å². The van der Waals surface area contributed by atoms with Crippen LogP contribution in [0.5, 0.6) is 0 Å². The standard InChI is InChI=1S/C16H26ClN3O/c1-13(18)16(14-5-2-3-6-15(14)17)20-8-4-7-19(9-10-20)11-12-21/h2-3,5-6,13,16,21H,4,7-12,18H2,1H3. The maximum Gasteiger partial charge on any atom is 0.0558 e. The van der Waals surface area contributed by atoms with Gasteiger partial charge in [0, 0.05) is 37.2 Å². The lowest BCUT2D eigenvalue weighted by Crippen LogP contribution is -2.41. The van der Waals surface area contributed by atoms with Crippen LogP contribution < -0.4 is 5.73 Å². The summed E-state index contributed by atoms with van der Waals surface area (Å²) in [5, 5.41) is 9.88. The third kappa shape index (κ3) is 4.41. The smallest absolute Gasteiger partial charge is 0.0558 e. The highest BCUT2D eigenvalue weighted by Gasteiger charge is 2.27. The zero-order valence-electron chi connectivity index (χ0n) is 12.7. The van der Waals surface area contributed by atoms with Crippen LogP contribution >= 0.6 is 11.6 Å². The Morgan fingerprint density at radius 3 is 2.67 bits per heavy atom. The molecule has 1 fully saturated rings. The van der Waals surface area contributed by atoms with Gasteiger partial charge in [-0.1, -0.05) is 29.8 Å². The first-order valence-electron chi connectivity index (χ1n) is 7.70. The van der Waals surface area contributed by atoms with E-state index in [0.29, 0.717) is 0 Å². The van der Waals surface area contributed by atoms with Crippen molar-refractivity contribution in [3.05, 3.63) is 34.9 Å². The van der Waals surface area contributed by atoms with Crippen LogP contribution in [0.1, 0.15) is 24.9 Å². The fourth-order valence-electron chi connectivity index (χ4n) is 3.16. The molecule has 1 heterocycles. The van der Waals surface area contributed by atoms with Crippen LogP contribution in [0.4, 0.5) is 0 Å². The van der Waals surface area contributed by atoms with Gasteiger partial charge in [-0.2, -0.15) is 0 Å². The Bertz CT molecular complexity index is 441. The molecule has 2 atom stereocenters. The average molecular weight is 312 g/mol. The van der Waals surface area contributed by atoms with Gasteiger partial charge in [0.1, 0.15) is 0 Å². The average Bonchev–Trinajstić information content (AvgIpc) is 2.67. The van der Waals surface area contributed by atoms with Crippen LogP contribution in [-0.2, 0) is 0 Å². The van der Waals surface area contributed by atoms with Crippen molar-refractivity contribution >= 4 is 11.6 Å². The summed E-state index contributed by atoms with van der Waals surface area (Å²) >= 11 is 6.38. The third-order valence-corrected chi connectivity index (χ3v) is 4.50. The second-order valence-corrected chi connectivity index (χ2v) is 6.19. The van der Waals surface area contributed by atoms with Crippen molar-refractivity contribution in [2.45, 2.75) is 25.4 Å². The summed E-state index contributed by atoms with van der Waals surface area (Å²) in [5.74, 6) is 0. The predicted octanol–water partition coefficient (Wildman–Crippen LogP) is 1.73. The lowest BCUT2D eigenvalue weighted by molar-refractivity contribution is 0.169. The summed E-state index contributed by atoms with van der Waals surface area (Å²) in [6.07, 6.45) is 1.09. The Labute approximate surface area is 132 Å².